The van der Waals surface area contributed by atoms with Gasteiger partial charge < -0.3 is 10.1 Å². The Labute approximate surface area is 157 Å². The van der Waals surface area contributed by atoms with Crippen molar-refractivity contribution >= 4 is 17.9 Å². The first-order valence-electron chi connectivity index (χ1n) is 8.42. The molecule has 2 rings (SSSR count). The predicted molar refractivity (Wildman–Crippen MR) is 96.9 cm³/mol. The summed E-state index contributed by atoms with van der Waals surface area (Å²) >= 11 is 0. The van der Waals surface area contributed by atoms with E-state index in [9.17, 15) is 14.4 Å². The number of hydrogen-bond acceptors (Lipinski definition) is 6. The Morgan fingerprint density at radius 2 is 1.85 bits per heavy atom. The molecule has 9 heteroatoms. The molecule has 0 aliphatic heterocycles. The van der Waals surface area contributed by atoms with Crippen molar-refractivity contribution in [3.05, 3.63) is 47.8 Å². The third-order valence-electron chi connectivity index (χ3n) is 3.31. The van der Waals surface area contributed by atoms with E-state index >= 15 is 0 Å². The minimum Gasteiger partial charge on any atom is -0.448 e. The summed E-state index contributed by atoms with van der Waals surface area (Å²) in [5.41, 5.74) is 0.478. The zero-order chi connectivity index (χ0) is 20.0. The number of carbonyl (C=O) groups excluding carboxylic acids is 3. The second-order valence-electron chi connectivity index (χ2n) is 7.03. The lowest BCUT2D eigenvalue weighted by molar-refractivity contribution is -0.127. The molecule has 2 aromatic rings. The number of nitrogens with zero attached hydrogens (tertiary/aromatic N) is 3. The van der Waals surface area contributed by atoms with E-state index in [0.717, 1.165) is 5.56 Å². The van der Waals surface area contributed by atoms with E-state index in [4.69, 9.17) is 4.74 Å². The Bertz CT molecular complexity index is 811. The summed E-state index contributed by atoms with van der Waals surface area (Å²) < 4.78 is 6.54. The van der Waals surface area contributed by atoms with Gasteiger partial charge in [0.2, 0.25) is 0 Å². The third-order valence-corrected chi connectivity index (χ3v) is 3.31. The molecule has 144 valence electrons. The smallest absolute Gasteiger partial charge is 0.361 e. The van der Waals surface area contributed by atoms with Gasteiger partial charge in [-0.2, -0.15) is 0 Å². The van der Waals surface area contributed by atoms with Crippen molar-refractivity contribution in [2.75, 3.05) is 0 Å². The van der Waals surface area contributed by atoms with Crippen molar-refractivity contribution in [3.63, 3.8) is 0 Å². The number of benzene rings is 1. The van der Waals surface area contributed by atoms with Crippen molar-refractivity contribution in [2.45, 2.75) is 45.9 Å². The fourth-order valence-corrected chi connectivity index (χ4v) is 2.10. The lowest BCUT2D eigenvalue weighted by Gasteiger charge is -2.21. The molecule has 1 unspecified atom stereocenters. The Kier molecular flexibility index (Phi) is 6.27. The zero-order valence-corrected chi connectivity index (χ0v) is 15.7. The molecule has 3 amide bonds. The van der Waals surface area contributed by atoms with Gasteiger partial charge in [-0.1, -0.05) is 35.5 Å². The number of nitrogens with one attached hydrogen (secondary N) is 2. The van der Waals surface area contributed by atoms with Crippen LogP contribution >= 0.6 is 0 Å². The molecule has 0 saturated heterocycles. The quantitative estimate of drug-likeness (QED) is 0.768. The van der Waals surface area contributed by atoms with Crippen LogP contribution in [0.15, 0.2) is 36.5 Å². The molecule has 0 bridgehead atoms. The largest absolute Gasteiger partial charge is 0.448 e. The highest BCUT2D eigenvalue weighted by molar-refractivity contribution is 5.98. The van der Waals surface area contributed by atoms with Crippen LogP contribution in [-0.2, 0) is 16.1 Å². The third kappa shape index (κ3) is 6.53. The average Bonchev–Trinajstić information content (AvgIpc) is 3.02. The lowest BCUT2D eigenvalue weighted by Crippen LogP contribution is -2.50. The van der Waals surface area contributed by atoms with Crippen molar-refractivity contribution in [3.8, 4) is 0 Å². The van der Waals surface area contributed by atoms with Gasteiger partial charge in [0, 0.05) is 5.54 Å². The van der Waals surface area contributed by atoms with Gasteiger partial charge >= 0.3 is 12.0 Å². The number of esters is 1. The summed E-state index contributed by atoms with van der Waals surface area (Å²) in [5, 5.41) is 12.3. The van der Waals surface area contributed by atoms with E-state index < -0.39 is 29.6 Å². The Hall–Kier alpha value is -3.23. The van der Waals surface area contributed by atoms with Crippen molar-refractivity contribution in [2.24, 2.45) is 0 Å². The SMILES string of the molecule is CC(OC(=O)c1cn(Cc2ccccc2)nn1)C(=O)NC(=O)NC(C)(C)C. The molecule has 0 fully saturated rings. The summed E-state index contributed by atoms with van der Waals surface area (Å²) in [6.45, 7) is 7.15. The minimum absolute atomic E-state index is 0.0234. The topological polar surface area (TPSA) is 115 Å². The molecule has 0 aliphatic carbocycles. The molecule has 0 spiro atoms. The number of imide groups is 1. The van der Waals surface area contributed by atoms with Gasteiger partial charge in [0.25, 0.3) is 5.91 Å². The van der Waals surface area contributed by atoms with Crippen LogP contribution in [0.25, 0.3) is 0 Å². The molecule has 27 heavy (non-hydrogen) atoms. The second-order valence-corrected chi connectivity index (χ2v) is 7.03. The van der Waals surface area contributed by atoms with Crippen LogP contribution in [0.4, 0.5) is 4.79 Å². The molecule has 0 radical (unpaired) electrons. The highest BCUT2D eigenvalue weighted by Gasteiger charge is 2.24. The molecular weight excluding hydrogens is 350 g/mol. The zero-order valence-electron chi connectivity index (χ0n) is 15.7. The fourth-order valence-electron chi connectivity index (χ4n) is 2.10. The Morgan fingerprint density at radius 3 is 2.48 bits per heavy atom. The first-order valence-corrected chi connectivity index (χ1v) is 8.42. The highest BCUT2D eigenvalue weighted by Crippen LogP contribution is 2.05. The van der Waals surface area contributed by atoms with Gasteiger partial charge in [0.1, 0.15) is 0 Å². The number of rotatable bonds is 5. The monoisotopic (exact) mass is 373 g/mol. The van der Waals surface area contributed by atoms with E-state index in [1.165, 1.54) is 17.8 Å². The van der Waals surface area contributed by atoms with Crippen LogP contribution in [-0.4, -0.2) is 44.5 Å². The number of hydrogen-bond donors (Lipinski definition) is 2. The number of amides is 3. The predicted octanol–water partition coefficient (Wildman–Crippen LogP) is 1.50. The van der Waals surface area contributed by atoms with Gasteiger partial charge in [-0.05, 0) is 33.3 Å². The van der Waals surface area contributed by atoms with Crippen molar-refractivity contribution < 1.29 is 19.1 Å². The molecule has 1 aromatic carbocycles. The summed E-state index contributed by atoms with van der Waals surface area (Å²) in [6.07, 6.45) is 0.272. The maximum Gasteiger partial charge on any atom is 0.361 e. The van der Waals surface area contributed by atoms with Crippen LogP contribution in [0.2, 0.25) is 0 Å². The van der Waals surface area contributed by atoms with Crippen LogP contribution < -0.4 is 10.6 Å². The van der Waals surface area contributed by atoms with Crippen LogP contribution in [0, 0.1) is 0 Å². The lowest BCUT2D eigenvalue weighted by atomic mass is 10.1. The summed E-state index contributed by atoms with van der Waals surface area (Å²) in [4.78, 5) is 35.8. The Balaban J connectivity index is 1.89. The van der Waals surface area contributed by atoms with Gasteiger partial charge in [-0.3, -0.25) is 10.1 Å². The molecular formula is C18H23N5O4. The minimum atomic E-state index is -1.16. The number of urea groups is 1. The molecule has 1 atom stereocenters. The van der Waals surface area contributed by atoms with Gasteiger partial charge in [0.05, 0.1) is 12.7 Å². The van der Waals surface area contributed by atoms with Gasteiger partial charge in [-0.15, -0.1) is 5.10 Å². The van der Waals surface area contributed by atoms with E-state index in [-0.39, 0.29) is 5.69 Å². The highest BCUT2D eigenvalue weighted by atomic mass is 16.5. The van der Waals surface area contributed by atoms with E-state index in [1.54, 1.807) is 20.8 Å². The van der Waals surface area contributed by atoms with E-state index in [2.05, 4.69) is 20.9 Å². The van der Waals surface area contributed by atoms with Crippen LogP contribution in [0.3, 0.4) is 0 Å². The number of aromatic nitrogens is 3. The van der Waals surface area contributed by atoms with Crippen LogP contribution in [0.5, 0.6) is 0 Å². The molecule has 1 heterocycles. The fraction of sp³-hybridized carbons (Fsp3) is 0.389. The van der Waals surface area contributed by atoms with Crippen LogP contribution in [0.1, 0.15) is 43.7 Å². The Morgan fingerprint density at radius 1 is 1.19 bits per heavy atom. The maximum atomic E-state index is 12.1. The molecule has 2 N–H and O–H groups in total. The van der Waals surface area contributed by atoms with Crippen molar-refractivity contribution in [1.82, 2.24) is 25.6 Å². The van der Waals surface area contributed by atoms with E-state index in [1.807, 2.05) is 30.3 Å². The molecule has 0 saturated carbocycles. The molecule has 9 nitrogen and oxygen atoms in total. The summed E-state index contributed by atoms with van der Waals surface area (Å²) in [5.74, 6) is -1.53. The van der Waals surface area contributed by atoms with E-state index in [0.29, 0.717) is 6.54 Å². The number of carbonyl (C=O) groups is 3. The standard InChI is InChI=1S/C18H23N5O4/c1-12(15(24)19-17(26)20-18(2,3)4)27-16(25)14-11-23(22-21-14)10-13-8-6-5-7-9-13/h5-9,11-12H,10H2,1-4H3,(H2,19,20,24,26). The first kappa shape index (κ1) is 20.1. The second kappa shape index (κ2) is 8.43. The normalized spacial score (nSPS) is 12.1. The average molecular weight is 373 g/mol. The van der Waals surface area contributed by atoms with Gasteiger partial charge in [0.15, 0.2) is 11.8 Å². The van der Waals surface area contributed by atoms with Gasteiger partial charge in [-0.25, -0.2) is 14.3 Å². The maximum absolute atomic E-state index is 12.1. The number of ether oxygens (including phenoxy) is 1. The summed E-state index contributed by atoms with van der Waals surface area (Å²) in [7, 11) is 0. The molecule has 1 aromatic heterocycles. The van der Waals surface area contributed by atoms with Crippen molar-refractivity contribution in [1.29, 1.82) is 0 Å². The molecule has 0 aliphatic rings. The summed E-state index contributed by atoms with van der Waals surface area (Å²) in [6, 6.07) is 8.89. The first-order chi connectivity index (χ1) is 12.6.